The zero-order valence-electron chi connectivity index (χ0n) is 11.2. The first kappa shape index (κ1) is 14.9. The summed E-state index contributed by atoms with van der Waals surface area (Å²) >= 11 is 0. The molecule has 1 unspecified atom stereocenters. The Labute approximate surface area is 111 Å². The van der Waals surface area contributed by atoms with Crippen LogP contribution >= 0.6 is 0 Å². The molecule has 0 heterocycles. The molecule has 1 aromatic carbocycles. The number of rotatable bonds is 4. The number of nitrogens with two attached hydrogens (primary N) is 1. The highest BCUT2D eigenvalue weighted by Crippen LogP contribution is 2.15. The molecule has 1 rings (SSSR count). The van der Waals surface area contributed by atoms with Gasteiger partial charge in [0.1, 0.15) is 5.82 Å². The summed E-state index contributed by atoms with van der Waals surface area (Å²) in [5.74, 6) is -1.31. The Morgan fingerprint density at radius 2 is 2.11 bits per heavy atom. The molecule has 0 aliphatic heterocycles. The van der Waals surface area contributed by atoms with Crippen molar-refractivity contribution in [1.29, 1.82) is 0 Å². The number of anilines is 1. The van der Waals surface area contributed by atoms with E-state index in [-0.39, 0.29) is 35.5 Å². The number of hydrogen-bond acceptors (Lipinski definition) is 3. The fourth-order valence-corrected chi connectivity index (χ4v) is 1.76. The summed E-state index contributed by atoms with van der Waals surface area (Å²) in [4.78, 5) is 24.9. The van der Waals surface area contributed by atoms with E-state index < -0.39 is 5.82 Å². The molecule has 2 amide bonds. The molecule has 104 valence electrons. The third kappa shape index (κ3) is 3.67. The molecule has 1 aromatic rings. The predicted octanol–water partition coefficient (Wildman–Crippen LogP) is 0.862. The van der Waals surface area contributed by atoms with Gasteiger partial charge in [0.05, 0.1) is 11.5 Å². The van der Waals surface area contributed by atoms with Gasteiger partial charge >= 0.3 is 0 Å². The molecule has 0 saturated heterocycles. The van der Waals surface area contributed by atoms with Crippen molar-refractivity contribution in [2.75, 3.05) is 26.4 Å². The zero-order valence-corrected chi connectivity index (χ0v) is 11.2. The van der Waals surface area contributed by atoms with Gasteiger partial charge < -0.3 is 16.0 Å². The number of carbonyl (C=O) groups is 2. The average Bonchev–Trinajstić information content (AvgIpc) is 2.36. The fourth-order valence-electron chi connectivity index (χ4n) is 1.76. The summed E-state index contributed by atoms with van der Waals surface area (Å²) in [7, 11) is 3.11. The number of nitrogen functional groups attached to an aromatic ring is 1. The molecule has 19 heavy (non-hydrogen) atoms. The first-order valence-corrected chi connectivity index (χ1v) is 5.89. The van der Waals surface area contributed by atoms with E-state index in [1.807, 2.05) is 0 Å². The SMILES string of the molecule is CNC(=O)C(C)CN(C)C(=O)c1ccc(F)cc1N. The maximum atomic E-state index is 12.9. The predicted molar refractivity (Wildman–Crippen MR) is 71.0 cm³/mol. The first-order valence-electron chi connectivity index (χ1n) is 5.89. The van der Waals surface area contributed by atoms with Crippen molar-refractivity contribution in [2.24, 2.45) is 5.92 Å². The zero-order chi connectivity index (χ0) is 14.6. The summed E-state index contributed by atoms with van der Waals surface area (Å²) in [5, 5.41) is 2.52. The first-order chi connectivity index (χ1) is 8.86. The highest BCUT2D eigenvalue weighted by Gasteiger charge is 2.20. The van der Waals surface area contributed by atoms with Crippen LogP contribution in [0, 0.1) is 11.7 Å². The molecule has 0 spiro atoms. The van der Waals surface area contributed by atoms with Crippen LogP contribution in [0.4, 0.5) is 10.1 Å². The lowest BCUT2D eigenvalue weighted by Gasteiger charge is -2.21. The number of hydrogen-bond donors (Lipinski definition) is 2. The van der Waals surface area contributed by atoms with Gasteiger partial charge in [-0.25, -0.2) is 4.39 Å². The van der Waals surface area contributed by atoms with Gasteiger partial charge in [0.25, 0.3) is 5.91 Å². The van der Waals surface area contributed by atoms with E-state index in [0.717, 1.165) is 6.07 Å². The van der Waals surface area contributed by atoms with Crippen molar-refractivity contribution in [1.82, 2.24) is 10.2 Å². The topological polar surface area (TPSA) is 75.4 Å². The molecule has 1 atom stereocenters. The van der Waals surface area contributed by atoms with Crippen LogP contribution in [-0.2, 0) is 4.79 Å². The Hall–Kier alpha value is -2.11. The molecule has 0 fully saturated rings. The van der Waals surface area contributed by atoms with Crippen LogP contribution in [-0.4, -0.2) is 37.4 Å². The lowest BCUT2D eigenvalue weighted by atomic mass is 10.1. The fraction of sp³-hybridized carbons (Fsp3) is 0.385. The Balaban J connectivity index is 2.79. The van der Waals surface area contributed by atoms with Crippen LogP contribution in [0.3, 0.4) is 0 Å². The van der Waals surface area contributed by atoms with E-state index in [2.05, 4.69) is 5.32 Å². The maximum Gasteiger partial charge on any atom is 0.255 e. The van der Waals surface area contributed by atoms with Gasteiger partial charge in [-0.15, -0.1) is 0 Å². The van der Waals surface area contributed by atoms with Crippen LogP contribution in [0.15, 0.2) is 18.2 Å². The van der Waals surface area contributed by atoms with E-state index in [4.69, 9.17) is 5.73 Å². The molecule has 6 heteroatoms. The molecule has 0 aromatic heterocycles. The molecule has 0 aliphatic rings. The number of benzene rings is 1. The second-order valence-electron chi connectivity index (χ2n) is 4.43. The summed E-state index contributed by atoms with van der Waals surface area (Å²) < 4.78 is 12.9. The highest BCUT2D eigenvalue weighted by molar-refractivity contribution is 5.99. The quantitative estimate of drug-likeness (QED) is 0.795. The molecule has 5 nitrogen and oxygen atoms in total. The standard InChI is InChI=1S/C13H18FN3O2/c1-8(12(18)16-2)7-17(3)13(19)10-5-4-9(14)6-11(10)15/h4-6,8H,7,15H2,1-3H3,(H,16,18). The molecule has 0 aliphatic carbocycles. The average molecular weight is 267 g/mol. The van der Waals surface area contributed by atoms with E-state index in [9.17, 15) is 14.0 Å². The summed E-state index contributed by atoms with van der Waals surface area (Å²) in [5.41, 5.74) is 5.93. The van der Waals surface area contributed by atoms with E-state index in [1.54, 1.807) is 21.0 Å². The van der Waals surface area contributed by atoms with Crippen molar-refractivity contribution in [2.45, 2.75) is 6.92 Å². The number of nitrogens with one attached hydrogen (secondary N) is 1. The van der Waals surface area contributed by atoms with Gasteiger partial charge in [0.2, 0.25) is 5.91 Å². The highest BCUT2D eigenvalue weighted by atomic mass is 19.1. The number of halogens is 1. The van der Waals surface area contributed by atoms with Crippen molar-refractivity contribution >= 4 is 17.5 Å². The third-order valence-electron chi connectivity index (χ3n) is 2.83. The molecule has 3 N–H and O–H groups in total. The Morgan fingerprint density at radius 3 is 2.63 bits per heavy atom. The Bertz CT molecular complexity index is 491. The van der Waals surface area contributed by atoms with Gasteiger partial charge in [0, 0.05) is 26.3 Å². The molecular formula is C13H18FN3O2. The molecule has 0 bridgehead atoms. The van der Waals surface area contributed by atoms with Crippen LogP contribution in [0.1, 0.15) is 17.3 Å². The van der Waals surface area contributed by atoms with E-state index in [1.165, 1.54) is 17.0 Å². The Kier molecular flexibility index (Phi) is 4.86. The maximum absolute atomic E-state index is 12.9. The second kappa shape index (κ2) is 6.17. The van der Waals surface area contributed by atoms with Gasteiger partial charge in [-0.1, -0.05) is 6.92 Å². The van der Waals surface area contributed by atoms with Gasteiger partial charge in [0.15, 0.2) is 0 Å². The van der Waals surface area contributed by atoms with Crippen LogP contribution < -0.4 is 11.1 Å². The minimum atomic E-state index is -0.490. The summed E-state index contributed by atoms with van der Waals surface area (Å²) in [6.45, 7) is 1.98. The van der Waals surface area contributed by atoms with Crippen molar-refractivity contribution < 1.29 is 14.0 Å². The van der Waals surface area contributed by atoms with Gasteiger partial charge in [-0.05, 0) is 18.2 Å². The van der Waals surface area contributed by atoms with Crippen molar-refractivity contribution in [3.8, 4) is 0 Å². The summed E-state index contributed by atoms with van der Waals surface area (Å²) in [6.07, 6.45) is 0. The number of carbonyl (C=O) groups excluding carboxylic acids is 2. The minimum Gasteiger partial charge on any atom is -0.398 e. The molecule has 0 saturated carbocycles. The van der Waals surface area contributed by atoms with Gasteiger partial charge in [-0.3, -0.25) is 9.59 Å². The smallest absolute Gasteiger partial charge is 0.255 e. The summed E-state index contributed by atoms with van der Waals surface area (Å²) in [6, 6.07) is 3.62. The largest absolute Gasteiger partial charge is 0.398 e. The van der Waals surface area contributed by atoms with Crippen LogP contribution in [0.5, 0.6) is 0 Å². The lowest BCUT2D eigenvalue weighted by molar-refractivity contribution is -0.124. The van der Waals surface area contributed by atoms with Crippen molar-refractivity contribution in [3.05, 3.63) is 29.6 Å². The molecular weight excluding hydrogens is 249 g/mol. The van der Waals surface area contributed by atoms with Crippen molar-refractivity contribution in [3.63, 3.8) is 0 Å². The minimum absolute atomic E-state index is 0.0875. The third-order valence-corrected chi connectivity index (χ3v) is 2.83. The second-order valence-corrected chi connectivity index (χ2v) is 4.43. The van der Waals surface area contributed by atoms with E-state index >= 15 is 0 Å². The molecule has 0 radical (unpaired) electrons. The van der Waals surface area contributed by atoms with Gasteiger partial charge in [-0.2, -0.15) is 0 Å². The Morgan fingerprint density at radius 1 is 1.47 bits per heavy atom. The monoisotopic (exact) mass is 267 g/mol. The van der Waals surface area contributed by atoms with E-state index in [0.29, 0.717) is 0 Å². The normalized spacial score (nSPS) is 11.8. The number of nitrogens with zero attached hydrogens (tertiary/aromatic N) is 1. The lowest BCUT2D eigenvalue weighted by Crippen LogP contribution is -2.37. The van der Waals surface area contributed by atoms with Crippen LogP contribution in [0.2, 0.25) is 0 Å². The number of amides is 2. The van der Waals surface area contributed by atoms with Crippen LogP contribution in [0.25, 0.3) is 0 Å².